The van der Waals surface area contributed by atoms with E-state index < -0.39 is 53.8 Å². The molecule has 12 nitrogen and oxygen atoms in total. The highest BCUT2D eigenvalue weighted by atomic mass is 35.5. The number of aromatic nitrogens is 1. The number of hydrogen-bond acceptors (Lipinski definition) is 10. The van der Waals surface area contributed by atoms with Crippen molar-refractivity contribution in [3.05, 3.63) is 89.2 Å². The molecule has 2 saturated heterocycles. The summed E-state index contributed by atoms with van der Waals surface area (Å²) in [6.45, 7) is 6.06. The van der Waals surface area contributed by atoms with Gasteiger partial charge in [0.05, 0.1) is 38.4 Å². The van der Waals surface area contributed by atoms with E-state index in [0.717, 1.165) is 23.1 Å². The minimum Gasteiger partial charge on any atom is -0.468 e. The Labute approximate surface area is 297 Å². The first-order valence-corrected chi connectivity index (χ1v) is 17.0. The zero-order chi connectivity index (χ0) is 35.8. The Hall–Kier alpha value is -4.07. The molecule has 50 heavy (non-hydrogen) atoms. The quantitative estimate of drug-likeness (QED) is 0.131. The number of carbonyl (C=O) groups excluding carboxylic acids is 3. The molecule has 0 spiro atoms. The normalized spacial score (nSPS) is 20.4. The van der Waals surface area contributed by atoms with Gasteiger partial charge < -0.3 is 29.4 Å². The maximum Gasteiger partial charge on any atom is 0.422 e. The monoisotopic (exact) mass is 708 g/mol. The Bertz CT molecular complexity index is 1600. The van der Waals surface area contributed by atoms with Crippen LogP contribution in [0.4, 0.5) is 4.79 Å². The number of ether oxygens (including phenoxy) is 4. The van der Waals surface area contributed by atoms with Crippen molar-refractivity contribution in [2.75, 3.05) is 26.9 Å². The molecule has 0 bridgehead atoms. The standard InChI is InChI=1S/C37H45ClN4O8/c1-37(2,3)32(34(45)47-4)33(44)40-29(18-23-11-13-24(14-12-23)25-9-7-16-39-19-25)30(43)21-42(20-26-8-5-6-10-28(26)38)41-36(46)50-31-22-49-35-27(31)15-17-48-35/h5-14,16,19,27,29-32,35,43H,15,17-18,20-22H2,1-4H3,(H,40,44)(H,41,46). The number of rotatable bonds is 13. The number of nitrogens with one attached hydrogen (secondary N) is 2. The van der Waals surface area contributed by atoms with Crippen molar-refractivity contribution in [2.45, 2.75) is 64.7 Å². The summed E-state index contributed by atoms with van der Waals surface area (Å²) in [7, 11) is 1.24. The van der Waals surface area contributed by atoms with Crippen molar-refractivity contribution in [3.8, 4) is 11.1 Å². The number of halogens is 1. The van der Waals surface area contributed by atoms with Crippen molar-refractivity contribution in [1.29, 1.82) is 0 Å². The van der Waals surface area contributed by atoms with Crippen LogP contribution in [0.1, 0.15) is 38.3 Å². The number of hydrogen-bond donors (Lipinski definition) is 3. The average molecular weight is 709 g/mol. The molecule has 2 fully saturated rings. The number of aliphatic hydroxyl groups excluding tert-OH is 1. The van der Waals surface area contributed by atoms with Crippen LogP contribution in [-0.2, 0) is 41.5 Å². The minimum atomic E-state index is -1.24. The van der Waals surface area contributed by atoms with E-state index in [4.69, 9.17) is 30.5 Å². The molecule has 5 rings (SSSR count). The van der Waals surface area contributed by atoms with E-state index >= 15 is 0 Å². The molecule has 6 unspecified atom stereocenters. The molecule has 3 N–H and O–H groups in total. The van der Waals surface area contributed by atoms with Crippen molar-refractivity contribution < 1.29 is 38.4 Å². The van der Waals surface area contributed by atoms with Gasteiger partial charge in [-0.2, -0.15) is 0 Å². The fraction of sp³-hybridized carbons (Fsp3) is 0.459. The molecule has 13 heteroatoms. The van der Waals surface area contributed by atoms with Crippen LogP contribution in [0.5, 0.6) is 0 Å². The van der Waals surface area contributed by atoms with E-state index in [1.165, 1.54) is 12.1 Å². The predicted molar refractivity (Wildman–Crippen MR) is 185 cm³/mol. The molecular formula is C37H45ClN4O8. The average Bonchev–Trinajstić information content (AvgIpc) is 3.71. The van der Waals surface area contributed by atoms with Crippen molar-refractivity contribution in [1.82, 2.24) is 20.7 Å². The van der Waals surface area contributed by atoms with Gasteiger partial charge in [-0.15, -0.1) is 0 Å². The lowest BCUT2D eigenvalue weighted by atomic mass is 9.80. The van der Waals surface area contributed by atoms with Gasteiger partial charge in [0.15, 0.2) is 6.29 Å². The second-order valence-corrected chi connectivity index (χ2v) is 14.1. The second kappa shape index (κ2) is 16.8. The molecule has 3 heterocycles. The van der Waals surface area contributed by atoms with Gasteiger partial charge in [0.25, 0.3) is 0 Å². The Morgan fingerprint density at radius 2 is 1.82 bits per heavy atom. The maximum atomic E-state index is 13.7. The van der Waals surface area contributed by atoms with E-state index in [-0.39, 0.29) is 32.0 Å². The Balaban J connectivity index is 1.37. The molecule has 2 aliphatic rings. The zero-order valence-corrected chi connectivity index (χ0v) is 29.5. The van der Waals surface area contributed by atoms with Crippen molar-refractivity contribution in [3.63, 3.8) is 0 Å². The third-order valence-corrected chi connectivity index (χ3v) is 9.35. The topological polar surface area (TPSA) is 149 Å². The number of esters is 1. The molecule has 1 aromatic heterocycles. The minimum absolute atomic E-state index is 0.0573. The molecule has 2 aromatic carbocycles. The lowest BCUT2D eigenvalue weighted by Crippen LogP contribution is -2.55. The summed E-state index contributed by atoms with van der Waals surface area (Å²) in [5.74, 6) is -2.46. The van der Waals surface area contributed by atoms with Crippen LogP contribution in [0, 0.1) is 17.3 Å². The van der Waals surface area contributed by atoms with E-state index in [1.54, 1.807) is 45.3 Å². The van der Waals surface area contributed by atoms with Crippen LogP contribution in [0.2, 0.25) is 5.02 Å². The van der Waals surface area contributed by atoms with E-state index in [2.05, 4.69) is 15.7 Å². The number of carbonyl (C=O) groups is 3. The number of hydrazine groups is 1. The zero-order valence-electron chi connectivity index (χ0n) is 28.7. The van der Waals surface area contributed by atoms with Gasteiger partial charge in [-0.1, -0.05) is 80.9 Å². The summed E-state index contributed by atoms with van der Waals surface area (Å²) in [4.78, 5) is 44.0. The maximum absolute atomic E-state index is 13.7. The number of methoxy groups -OCH3 is 1. The SMILES string of the molecule is COC(=O)C(C(=O)NC(Cc1ccc(-c2cccnc2)cc1)C(O)CN(Cc1ccccc1Cl)NC(=O)OC1COC2OCCC12)C(C)(C)C. The number of nitrogens with zero attached hydrogens (tertiary/aromatic N) is 2. The molecule has 2 amide bonds. The first-order chi connectivity index (χ1) is 23.9. The first kappa shape index (κ1) is 37.2. The lowest BCUT2D eigenvalue weighted by Gasteiger charge is -2.33. The first-order valence-electron chi connectivity index (χ1n) is 16.7. The number of benzene rings is 2. The summed E-state index contributed by atoms with van der Waals surface area (Å²) >= 11 is 6.49. The number of amides is 2. The van der Waals surface area contributed by atoms with Crippen LogP contribution >= 0.6 is 11.6 Å². The smallest absolute Gasteiger partial charge is 0.422 e. The fourth-order valence-corrected chi connectivity index (χ4v) is 6.51. The van der Waals surface area contributed by atoms with E-state index in [0.29, 0.717) is 17.2 Å². The van der Waals surface area contributed by atoms with Crippen molar-refractivity contribution in [2.24, 2.45) is 17.3 Å². The molecule has 6 atom stereocenters. The van der Waals surface area contributed by atoms with E-state index in [1.807, 2.05) is 48.5 Å². The second-order valence-electron chi connectivity index (χ2n) is 13.7. The van der Waals surface area contributed by atoms with Crippen LogP contribution < -0.4 is 10.7 Å². The molecule has 3 aromatic rings. The highest BCUT2D eigenvalue weighted by Gasteiger charge is 2.44. The Morgan fingerprint density at radius 3 is 2.50 bits per heavy atom. The van der Waals surface area contributed by atoms with Gasteiger partial charge in [0.2, 0.25) is 5.91 Å². The third-order valence-electron chi connectivity index (χ3n) is 8.98. The van der Waals surface area contributed by atoms with E-state index in [9.17, 15) is 19.5 Å². The molecule has 0 radical (unpaired) electrons. The molecule has 0 saturated carbocycles. The summed E-state index contributed by atoms with van der Waals surface area (Å²) in [5, 5.41) is 16.7. The molecule has 0 aliphatic carbocycles. The molecule has 268 valence electrons. The molecular weight excluding hydrogens is 664 g/mol. The van der Waals surface area contributed by atoms with Crippen LogP contribution in [0.25, 0.3) is 11.1 Å². The van der Waals surface area contributed by atoms with Gasteiger partial charge in [-0.25, -0.2) is 9.80 Å². The Kier molecular flexibility index (Phi) is 12.5. The highest BCUT2D eigenvalue weighted by Crippen LogP contribution is 2.33. The van der Waals surface area contributed by atoms with Gasteiger partial charge in [0, 0.05) is 30.5 Å². The van der Waals surface area contributed by atoms with Gasteiger partial charge in [-0.3, -0.25) is 20.0 Å². The summed E-state index contributed by atoms with van der Waals surface area (Å²) in [5.41, 5.74) is 5.42. The summed E-state index contributed by atoms with van der Waals surface area (Å²) in [6.07, 6.45) is 1.57. The van der Waals surface area contributed by atoms with Crippen molar-refractivity contribution >= 4 is 29.6 Å². The third kappa shape index (κ3) is 9.58. The van der Waals surface area contributed by atoms with Crippen LogP contribution in [0.3, 0.4) is 0 Å². The van der Waals surface area contributed by atoms with Crippen LogP contribution in [0.15, 0.2) is 73.1 Å². The van der Waals surface area contributed by atoms with Gasteiger partial charge in [-0.05, 0) is 52.6 Å². The number of aliphatic hydroxyl groups is 1. The predicted octanol–water partition coefficient (Wildman–Crippen LogP) is 4.53. The highest BCUT2D eigenvalue weighted by molar-refractivity contribution is 6.31. The number of fused-ring (bicyclic) bond motifs is 1. The largest absolute Gasteiger partial charge is 0.468 e. The fourth-order valence-electron chi connectivity index (χ4n) is 6.32. The van der Waals surface area contributed by atoms with Gasteiger partial charge >= 0.3 is 12.1 Å². The lowest BCUT2D eigenvalue weighted by molar-refractivity contribution is -0.155. The Morgan fingerprint density at radius 1 is 1.06 bits per heavy atom. The van der Waals surface area contributed by atoms with Gasteiger partial charge in [0.1, 0.15) is 12.0 Å². The summed E-state index contributed by atoms with van der Waals surface area (Å²) < 4.78 is 21.9. The summed E-state index contributed by atoms with van der Waals surface area (Å²) in [6, 6.07) is 17.8. The number of pyridine rings is 1. The molecule has 2 aliphatic heterocycles. The van der Waals surface area contributed by atoms with Crippen LogP contribution in [-0.4, -0.2) is 84.5 Å².